The van der Waals surface area contributed by atoms with Gasteiger partial charge in [0.1, 0.15) is 18.2 Å². The van der Waals surface area contributed by atoms with Gasteiger partial charge in [-0.25, -0.2) is 4.98 Å². The molecule has 0 unspecified atom stereocenters. The second kappa shape index (κ2) is 7.66. The number of aliphatic hydroxyl groups is 1. The van der Waals surface area contributed by atoms with Crippen molar-refractivity contribution in [3.05, 3.63) is 72.3 Å². The Balaban J connectivity index is 1.69. The van der Waals surface area contributed by atoms with Gasteiger partial charge >= 0.3 is 0 Å². The fraction of sp³-hybridized carbons (Fsp3) is 0.211. The first-order valence-corrected chi connectivity index (χ1v) is 7.94. The predicted molar refractivity (Wildman–Crippen MR) is 94.7 cm³/mol. The van der Waals surface area contributed by atoms with Crippen LogP contribution in [0.15, 0.2) is 60.8 Å². The van der Waals surface area contributed by atoms with E-state index in [1.54, 1.807) is 0 Å². The van der Waals surface area contributed by atoms with Gasteiger partial charge in [0.15, 0.2) is 0 Å². The van der Waals surface area contributed by atoms with Crippen LogP contribution in [0.1, 0.15) is 11.5 Å². The first-order chi connectivity index (χ1) is 11.8. The standard InChI is InChI=1S/C19H21N3O2/c1-15-20-13-18(22(15)17-5-3-2-4-6-17)14-21-16-7-9-19(10-8-16)24-12-11-23/h2-10,13,21,23H,11-12,14H2,1H3. The van der Waals surface area contributed by atoms with E-state index >= 15 is 0 Å². The second-order valence-electron chi connectivity index (χ2n) is 5.42. The molecule has 0 bridgehead atoms. The third kappa shape index (κ3) is 3.75. The van der Waals surface area contributed by atoms with Gasteiger partial charge < -0.3 is 15.2 Å². The molecule has 0 saturated carbocycles. The number of aryl methyl sites for hydroxylation is 1. The summed E-state index contributed by atoms with van der Waals surface area (Å²) in [6.07, 6.45) is 1.90. The van der Waals surface area contributed by atoms with Crippen molar-refractivity contribution in [1.82, 2.24) is 9.55 Å². The molecule has 24 heavy (non-hydrogen) atoms. The third-order valence-electron chi connectivity index (χ3n) is 3.71. The molecule has 5 nitrogen and oxygen atoms in total. The summed E-state index contributed by atoms with van der Waals surface area (Å²) in [5, 5.41) is 12.2. The SMILES string of the molecule is Cc1ncc(CNc2ccc(OCCO)cc2)n1-c1ccccc1. The predicted octanol–water partition coefficient (Wildman–Crippen LogP) is 3.16. The highest BCUT2D eigenvalue weighted by molar-refractivity contribution is 5.47. The molecule has 0 aliphatic carbocycles. The summed E-state index contributed by atoms with van der Waals surface area (Å²) in [7, 11) is 0. The molecule has 0 aliphatic rings. The third-order valence-corrected chi connectivity index (χ3v) is 3.71. The van der Waals surface area contributed by atoms with Crippen LogP contribution in [0.4, 0.5) is 5.69 Å². The van der Waals surface area contributed by atoms with Gasteiger partial charge in [-0.15, -0.1) is 0 Å². The van der Waals surface area contributed by atoms with E-state index in [1.807, 2.05) is 55.6 Å². The molecule has 0 fully saturated rings. The Morgan fingerprint density at radius 2 is 1.83 bits per heavy atom. The Morgan fingerprint density at radius 1 is 1.08 bits per heavy atom. The van der Waals surface area contributed by atoms with Crippen molar-refractivity contribution in [1.29, 1.82) is 0 Å². The topological polar surface area (TPSA) is 59.3 Å². The number of ether oxygens (including phenoxy) is 1. The van der Waals surface area contributed by atoms with Crippen molar-refractivity contribution in [3.63, 3.8) is 0 Å². The molecule has 0 radical (unpaired) electrons. The van der Waals surface area contributed by atoms with Gasteiger partial charge in [-0.05, 0) is 43.3 Å². The van der Waals surface area contributed by atoms with Crippen LogP contribution in [0.2, 0.25) is 0 Å². The van der Waals surface area contributed by atoms with E-state index in [4.69, 9.17) is 9.84 Å². The smallest absolute Gasteiger partial charge is 0.119 e. The summed E-state index contributed by atoms with van der Waals surface area (Å²) in [5.74, 6) is 1.71. The summed E-state index contributed by atoms with van der Waals surface area (Å²) >= 11 is 0. The van der Waals surface area contributed by atoms with Crippen LogP contribution < -0.4 is 10.1 Å². The van der Waals surface area contributed by atoms with Gasteiger partial charge in [-0.2, -0.15) is 0 Å². The molecule has 3 aromatic rings. The van der Waals surface area contributed by atoms with Crippen molar-refractivity contribution in [3.8, 4) is 11.4 Å². The summed E-state index contributed by atoms with van der Waals surface area (Å²) in [4.78, 5) is 4.43. The Labute approximate surface area is 141 Å². The molecule has 2 N–H and O–H groups in total. The molecule has 2 aromatic carbocycles. The molecule has 0 saturated heterocycles. The summed E-state index contributed by atoms with van der Waals surface area (Å²) in [5.41, 5.74) is 3.21. The molecule has 0 amide bonds. The molecule has 124 valence electrons. The number of aromatic nitrogens is 2. The van der Waals surface area contributed by atoms with E-state index in [1.165, 1.54) is 0 Å². The lowest BCUT2D eigenvalue weighted by Crippen LogP contribution is -2.07. The van der Waals surface area contributed by atoms with Gasteiger partial charge in [-0.1, -0.05) is 18.2 Å². The number of benzene rings is 2. The fourth-order valence-corrected chi connectivity index (χ4v) is 2.57. The highest BCUT2D eigenvalue weighted by Crippen LogP contribution is 2.18. The van der Waals surface area contributed by atoms with Crippen LogP contribution >= 0.6 is 0 Å². The average Bonchev–Trinajstić information content (AvgIpc) is 3.00. The molecule has 0 atom stereocenters. The number of aliphatic hydroxyl groups excluding tert-OH is 1. The Bertz CT molecular complexity index is 767. The first kappa shape index (κ1) is 16.1. The van der Waals surface area contributed by atoms with Crippen molar-refractivity contribution in [2.75, 3.05) is 18.5 Å². The summed E-state index contributed by atoms with van der Waals surface area (Å²) in [6.45, 7) is 3.00. The molecule has 5 heteroatoms. The number of hydrogen-bond acceptors (Lipinski definition) is 4. The van der Waals surface area contributed by atoms with E-state index in [0.29, 0.717) is 13.2 Å². The zero-order valence-electron chi connectivity index (χ0n) is 13.6. The zero-order valence-corrected chi connectivity index (χ0v) is 13.6. The van der Waals surface area contributed by atoms with Crippen molar-refractivity contribution in [2.45, 2.75) is 13.5 Å². The Morgan fingerprint density at radius 3 is 2.54 bits per heavy atom. The van der Waals surface area contributed by atoms with Gasteiger partial charge in [0.25, 0.3) is 0 Å². The number of hydrogen-bond donors (Lipinski definition) is 2. The average molecular weight is 323 g/mol. The van der Waals surface area contributed by atoms with Crippen LogP contribution in [0.25, 0.3) is 5.69 Å². The van der Waals surface area contributed by atoms with Crippen LogP contribution in [0.3, 0.4) is 0 Å². The zero-order chi connectivity index (χ0) is 16.8. The van der Waals surface area contributed by atoms with E-state index < -0.39 is 0 Å². The molecule has 1 aromatic heterocycles. The largest absolute Gasteiger partial charge is 0.491 e. The lowest BCUT2D eigenvalue weighted by molar-refractivity contribution is 0.201. The number of rotatable bonds is 7. The van der Waals surface area contributed by atoms with E-state index in [0.717, 1.165) is 28.6 Å². The highest BCUT2D eigenvalue weighted by atomic mass is 16.5. The van der Waals surface area contributed by atoms with Crippen LogP contribution in [-0.2, 0) is 6.54 Å². The Hall–Kier alpha value is -2.79. The lowest BCUT2D eigenvalue weighted by atomic mass is 10.3. The maximum Gasteiger partial charge on any atom is 0.119 e. The maximum atomic E-state index is 8.77. The van der Waals surface area contributed by atoms with Gasteiger partial charge in [0.2, 0.25) is 0 Å². The van der Waals surface area contributed by atoms with E-state index in [9.17, 15) is 0 Å². The number of anilines is 1. The summed E-state index contributed by atoms with van der Waals surface area (Å²) < 4.78 is 7.51. The molecular formula is C19H21N3O2. The van der Waals surface area contributed by atoms with Gasteiger partial charge in [0, 0.05) is 11.4 Å². The van der Waals surface area contributed by atoms with Gasteiger partial charge in [-0.3, -0.25) is 4.57 Å². The molecule has 3 rings (SSSR count). The minimum Gasteiger partial charge on any atom is -0.491 e. The van der Waals surface area contributed by atoms with Crippen LogP contribution in [-0.4, -0.2) is 27.9 Å². The Kier molecular flexibility index (Phi) is 5.13. The lowest BCUT2D eigenvalue weighted by Gasteiger charge is -2.12. The van der Waals surface area contributed by atoms with Crippen LogP contribution in [0.5, 0.6) is 5.75 Å². The van der Waals surface area contributed by atoms with Crippen molar-refractivity contribution < 1.29 is 9.84 Å². The fourth-order valence-electron chi connectivity index (χ4n) is 2.57. The van der Waals surface area contributed by atoms with Gasteiger partial charge in [0.05, 0.1) is 25.0 Å². The first-order valence-electron chi connectivity index (χ1n) is 7.94. The number of imidazole rings is 1. The van der Waals surface area contributed by atoms with Crippen LogP contribution in [0, 0.1) is 6.92 Å². The van der Waals surface area contributed by atoms with Crippen molar-refractivity contribution >= 4 is 5.69 Å². The molecular weight excluding hydrogens is 302 g/mol. The number of nitrogens with zero attached hydrogens (tertiary/aromatic N) is 2. The van der Waals surface area contributed by atoms with E-state index in [-0.39, 0.29) is 6.61 Å². The molecule has 0 spiro atoms. The second-order valence-corrected chi connectivity index (χ2v) is 5.42. The minimum atomic E-state index is 0.0167. The number of nitrogens with one attached hydrogen (secondary N) is 1. The minimum absolute atomic E-state index is 0.0167. The summed E-state index contributed by atoms with van der Waals surface area (Å²) in [6, 6.07) is 17.9. The van der Waals surface area contributed by atoms with E-state index in [2.05, 4.69) is 27.0 Å². The number of para-hydroxylation sites is 1. The quantitative estimate of drug-likeness (QED) is 0.701. The normalized spacial score (nSPS) is 10.6. The molecule has 1 heterocycles. The monoisotopic (exact) mass is 323 g/mol. The highest BCUT2D eigenvalue weighted by Gasteiger charge is 2.08. The van der Waals surface area contributed by atoms with Crippen molar-refractivity contribution in [2.24, 2.45) is 0 Å². The maximum absolute atomic E-state index is 8.77. The molecule has 0 aliphatic heterocycles.